The van der Waals surface area contributed by atoms with Gasteiger partial charge < -0.3 is 20.7 Å². The lowest BCUT2D eigenvalue weighted by Gasteiger charge is -2.30. The minimum atomic E-state index is -0.260. The summed E-state index contributed by atoms with van der Waals surface area (Å²) < 4.78 is 4.95. The predicted molar refractivity (Wildman–Crippen MR) is 87.3 cm³/mol. The zero-order valence-corrected chi connectivity index (χ0v) is 12.8. The Morgan fingerprint density at radius 3 is 2.55 bits per heavy atom. The number of cyclic esters (lactones) is 1. The third-order valence-electron chi connectivity index (χ3n) is 4.33. The van der Waals surface area contributed by atoms with Gasteiger partial charge in [0.2, 0.25) is 0 Å². The second-order valence-electron chi connectivity index (χ2n) is 5.92. The van der Waals surface area contributed by atoms with Crippen LogP contribution in [0.5, 0.6) is 0 Å². The summed E-state index contributed by atoms with van der Waals surface area (Å²) in [5, 5.41) is 3.42. The summed E-state index contributed by atoms with van der Waals surface area (Å²) in [5.41, 5.74) is 7.87. The van der Waals surface area contributed by atoms with Crippen LogP contribution in [0, 0.1) is 0 Å². The highest BCUT2D eigenvalue weighted by Crippen LogP contribution is 2.21. The highest BCUT2D eigenvalue weighted by Gasteiger charge is 2.23. The molecule has 2 saturated heterocycles. The molecule has 0 aromatic heterocycles. The number of benzene rings is 1. The fourth-order valence-electron chi connectivity index (χ4n) is 2.92. The molecule has 6 heteroatoms. The lowest BCUT2D eigenvalue weighted by atomic mass is 10.1. The number of nitrogens with two attached hydrogens (primary N) is 1. The fourth-order valence-corrected chi connectivity index (χ4v) is 2.92. The molecule has 3 N–H and O–H groups in total. The van der Waals surface area contributed by atoms with Crippen molar-refractivity contribution in [1.82, 2.24) is 4.90 Å². The summed E-state index contributed by atoms with van der Waals surface area (Å²) in [6.45, 7) is 5.24. The summed E-state index contributed by atoms with van der Waals surface area (Å²) >= 11 is 0. The number of carbonyl (C=O) groups is 1. The summed E-state index contributed by atoms with van der Waals surface area (Å²) in [6, 6.07) is 8.30. The van der Waals surface area contributed by atoms with Gasteiger partial charge in [0.15, 0.2) is 0 Å². The maximum absolute atomic E-state index is 11.5. The van der Waals surface area contributed by atoms with Gasteiger partial charge in [0.05, 0.1) is 6.54 Å². The zero-order valence-electron chi connectivity index (χ0n) is 12.8. The van der Waals surface area contributed by atoms with Crippen molar-refractivity contribution in [1.29, 1.82) is 0 Å². The molecule has 0 spiro atoms. The second kappa shape index (κ2) is 6.98. The van der Waals surface area contributed by atoms with E-state index in [-0.39, 0.29) is 6.09 Å². The van der Waals surface area contributed by atoms with Crippen molar-refractivity contribution in [3.05, 3.63) is 24.3 Å². The molecule has 120 valence electrons. The summed E-state index contributed by atoms with van der Waals surface area (Å²) in [4.78, 5) is 15.6. The number of rotatable bonds is 5. The van der Waals surface area contributed by atoms with Gasteiger partial charge in [0.25, 0.3) is 0 Å². The van der Waals surface area contributed by atoms with Crippen LogP contribution in [0.25, 0.3) is 0 Å². The van der Waals surface area contributed by atoms with Crippen LogP contribution in [0.3, 0.4) is 0 Å². The van der Waals surface area contributed by atoms with Gasteiger partial charge in [-0.3, -0.25) is 4.90 Å². The minimum absolute atomic E-state index is 0.260. The number of carbonyl (C=O) groups excluding carboxylic acids is 1. The van der Waals surface area contributed by atoms with Crippen molar-refractivity contribution in [2.45, 2.75) is 18.9 Å². The van der Waals surface area contributed by atoms with E-state index in [1.165, 1.54) is 0 Å². The van der Waals surface area contributed by atoms with Crippen molar-refractivity contribution in [3.63, 3.8) is 0 Å². The standard InChI is InChI=1S/C16H24N4O2/c17-13-5-8-19(9-6-13)10-7-18-14-1-3-15(4-2-14)20-11-12-22-16(20)21/h1-4,13,18H,5-12,17H2. The average Bonchev–Trinajstić information content (AvgIpc) is 2.96. The van der Waals surface area contributed by atoms with Crippen molar-refractivity contribution < 1.29 is 9.53 Å². The Morgan fingerprint density at radius 2 is 1.91 bits per heavy atom. The summed E-state index contributed by atoms with van der Waals surface area (Å²) in [6.07, 6.45) is 1.94. The smallest absolute Gasteiger partial charge is 0.414 e. The monoisotopic (exact) mass is 304 g/mol. The van der Waals surface area contributed by atoms with E-state index in [1.807, 2.05) is 24.3 Å². The molecule has 1 aromatic rings. The van der Waals surface area contributed by atoms with Gasteiger partial charge in [-0.15, -0.1) is 0 Å². The van der Waals surface area contributed by atoms with Crippen molar-refractivity contribution in [2.75, 3.05) is 49.5 Å². The molecule has 1 aromatic carbocycles. The van der Waals surface area contributed by atoms with E-state index in [0.29, 0.717) is 19.2 Å². The van der Waals surface area contributed by atoms with E-state index < -0.39 is 0 Å². The Labute approximate surface area is 131 Å². The third kappa shape index (κ3) is 3.69. The Bertz CT molecular complexity index is 497. The molecular formula is C16H24N4O2. The SMILES string of the molecule is NC1CCN(CCNc2ccc(N3CCOC3=O)cc2)CC1. The third-order valence-corrected chi connectivity index (χ3v) is 4.33. The van der Waals surface area contributed by atoms with Crippen molar-refractivity contribution >= 4 is 17.5 Å². The van der Waals surface area contributed by atoms with Crippen molar-refractivity contribution in [3.8, 4) is 0 Å². The van der Waals surface area contributed by atoms with Gasteiger partial charge in [-0.1, -0.05) is 0 Å². The van der Waals surface area contributed by atoms with E-state index in [9.17, 15) is 4.79 Å². The minimum Gasteiger partial charge on any atom is -0.447 e. The molecule has 2 heterocycles. The topological polar surface area (TPSA) is 70.8 Å². The largest absolute Gasteiger partial charge is 0.447 e. The molecule has 0 aliphatic carbocycles. The van der Waals surface area contributed by atoms with E-state index in [4.69, 9.17) is 10.5 Å². The molecule has 2 aliphatic heterocycles. The average molecular weight is 304 g/mol. The molecule has 2 fully saturated rings. The van der Waals surface area contributed by atoms with Crippen LogP contribution in [0.1, 0.15) is 12.8 Å². The Hall–Kier alpha value is -1.79. The lowest BCUT2D eigenvalue weighted by molar-refractivity contribution is 0.181. The number of ether oxygens (including phenoxy) is 1. The second-order valence-corrected chi connectivity index (χ2v) is 5.92. The number of hydrogen-bond acceptors (Lipinski definition) is 5. The van der Waals surface area contributed by atoms with Crippen LogP contribution in [-0.4, -0.2) is 56.4 Å². The van der Waals surface area contributed by atoms with Crippen LogP contribution in [0.2, 0.25) is 0 Å². The molecular weight excluding hydrogens is 280 g/mol. The first-order valence-electron chi connectivity index (χ1n) is 7.98. The van der Waals surface area contributed by atoms with E-state index >= 15 is 0 Å². The highest BCUT2D eigenvalue weighted by molar-refractivity contribution is 5.89. The maximum atomic E-state index is 11.5. The van der Waals surface area contributed by atoms with Crippen LogP contribution in [0.15, 0.2) is 24.3 Å². The van der Waals surface area contributed by atoms with E-state index in [1.54, 1.807) is 4.90 Å². The van der Waals surface area contributed by atoms with E-state index in [2.05, 4.69) is 10.2 Å². The Morgan fingerprint density at radius 1 is 1.18 bits per heavy atom. The van der Waals surface area contributed by atoms with Gasteiger partial charge in [-0.05, 0) is 50.2 Å². The highest BCUT2D eigenvalue weighted by atomic mass is 16.6. The first kappa shape index (κ1) is 15.1. The first-order chi connectivity index (χ1) is 10.7. The summed E-state index contributed by atoms with van der Waals surface area (Å²) in [5.74, 6) is 0. The maximum Gasteiger partial charge on any atom is 0.414 e. The number of likely N-dealkylation sites (tertiary alicyclic amines) is 1. The predicted octanol–water partition coefficient (Wildman–Crippen LogP) is 1.48. The number of hydrogen-bond donors (Lipinski definition) is 2. The number of anilines is 2. The van der Waals surface area contributed by atoms with E-state index in [0.717, 1.165) is 50.4 Å². The van der Waals surface area contributed by atoms with Gasteiger partial charge in [0, 0.05) is 30.5 Å². The zero-order chi connectivity index (χ0) is 15.4. The van der Waals surface area contributed by atoms with Crippen molar-refractivity contribution in [2.24, 2.45) is 5.73 Å². The van der Waals surface area contributed by atoms with Crippen LogP contribution < -0.4 is 16.0 Å². The molecule has 0 atom stereocenters. The molecule has 0 saturated carbocycles. The molecule has 1 amide bonds. The number of piperidine rings is 1. The number of nitrogens with zero attached hydrogens (tertiary/aromatic N) is 2. The van der Waals surface area contributed by atoms with Gasteiger partial charge in [0.1, 0.15) is 6.61 Å². The Kier molecular flexibility index (Phi) is 4.80. The summed E-state index contributed by atoms with van der Waals surface area (Å²) in [7, 11) is 0. The number of amides is 1. The molecule has 22 heavy (non-hydrogen) atoms. The van der Waals surface area contributed by atoms with Crippen LogP contribution in [0.4, 0.5) is 16.2 Å². The van der Waals surface area contributed by atoms with Gasteiger partial charge in [-0.2, -0.15) is 0 Å². The molecule has 2 aliphatic rings. The van der Waals surface area contributed by atoms with Crippen LogP contribution in [-0.2, 0) is 4.74 Å². The fraction of sp³-hybridized carbons (Fsp3) is 0.562. The molecule has 3 rings (SSSR count). The first-order valence-corrected chi connectivity index (χ1v) is 7.98. The van der Waals surface area contributed by atoms with Crippen LogP contribution >= 0.6 is 0 Å². The molecule has 0 radical (unpaired) electrons. The lowest BCUT2D eigenvalue weighted by Crippen LogP contribution is -2.41. The number of nitrogens with one attached hydrogen (secondary N) is 1. The van der Waals surface area contributed by atoms with Gasteiger partial charge in [-0.25, -0.2) is 4.79 Å². The Balaban J connectivity index is 1.44. The molecule has 0 bridgehead atoms. The quantitative estimate of drug-likeness (QED) is 0.862. The molecule has 6 nitrogen and oxygen atoms in total. The molecule has 0 unspecified atom stereocenters. The normalized spacial score (nSPS) is 20.2. The van der Waals surface area contributed by atoms with Gasteiger partial charge >= 0.3 is 6.09 Å².